The maximum Gasteiger partial charge on any atom is 0.185 e. The van der Waals surface area contributed by atoms with Crippen molar-refractivity contribution in [3.8, 4) is 0 Å². The van der Waals surface area contributed by atoms with Gasteiger partial charge in [0.15, 0.2) is 11.6 Å². The third-order valence-electron chi connectivity index (χ3n) is 5.03. The molecule has 4 aromatic rings. The van der Waals surface area contributed by atoms with Crippen LogP contribution in [0, 0.1) is 12.7 Å². The third-order valence-corrected chi connectivity index (χ3v) is 8.19. The molecular formula is C29H18BrCl4FO2S. The number of ketones is 2. The van der Waals surface area contributed by atoms with Crippen molar-refractivity contribution in [2.75, 3.05) is 0 Å². The van der Waals surface area contributed by atoms with E-state index < -0.39 is 5.82 Å². The molecule has 0 bridgehead atoms. The number of hydrogen-bond acceptors (Lipinski definition) is 3. The highest BCUT2D eigenvalue weighted by Crippen LogP contribution is 2.25. The number of halogens is 6. The number of rotatable bonds is 6. The molecule has 0 N–H and O–H groups in total. The standard InChI is InChI=1S/C16H11Cl2FO.C13H7BrCl2OS/c1-10-9-11(5-7-13(10)17)16(20)8-6-12-14(18)3-2-4-15(12)19;14-9-6-10(18-7-9)2-4-13(17)8-1-3-11(15)12(16)5-8/h2-9H,1H3;1-7H. The average molecular weight is 671 g/mol. The van der Waals surface area contributed by atoms with Gasteiger partial charge < -0.3 is 0 Å². The molecule has 0 aliphatic rings. The Bertz CT molecular complexity index is 1530. The monoisotopic (exact) mass is 668 g/mol. The van der Waals surface area contributed by atoms with Crippen LogP contribution in [0.5, 0.6) is 0 Å². The molecule has 0 amide bonds. The lowest BCUT2D eigenvalue weighted by molar-refractivity contribution is 0.103. The van der Waals surface area contributed by atoms with Gasteiger partial charge in [-0.1, -0.05) is 52.5 Å². The van der Waals surface area contributed by atoms with E-state index in [1.54, 1.807) is 59.9 Å². The summed E-state index contributed by atoms with van der Waals surface area (Å²) < 4.78 is 14.6. The van der Waals surface area contributed by atoms with Crippen molar-refractivity contribution in [1.82, 2.24) is 0 Å². The highest BCUT2D eigenvalue weighted by Gasteiger charge is 2.07. The minimum Gasteiger partial charge on any atom is -0.289 e. The molecule has 1 heterocycles. The van der Waals surface area contributed by atoms with Crippen molar-refractivity contribution < 1.29 is 14.0 Å². The molecule has 0 saturated heterocycles. The van der Waals surface area contributed by atoms with E-state index in [9.17, 15) is 14.0 Å². The number of thiophene rings is 1. The molecule has 1 aromatic heterocycles. The minimum atomic E-state index is -0.464. The predicted octanol–water partition coefficient (Wildman–Crippen LogP) is 11.1. The highest BCUT2D eigenvalue weighted by molar-refractivity contribution is 9.10. The van der Waals surface area contributed by atoms with Gasteiger partial charge >= 0.3 is 0 Å². The summed E-state index contributed by atoms with van der Waals surface area (Å²) in [5, 5.41) is 3.65. The Hall–Kier alpha value is -2.25. The van der Waals surface area contributed by atoms with Gasteiger partial charge in [-0.05, 0) is 107 Å². The lowest BCUT2D eigenvalue weighted by Crippen LogP contribution is -1.95. The molecule has 38 heavy (non-hydrogen) atoms. The molecule has 0 aliphatic carbocycles. The molecule has 194 valence electrons. The molecule has 0 atom stereocenters. The van der Waals surface area contributed by atoms with Crippen LogP contribution in [0.25, 0.3) is 12.2 Å². The van der Waals surface area contributed by atoms with Gasteiger partial charge in [0, 0.05) is 36.4 Å². The maximum absolute atomic E-state index is 13.6. The smallest absolute Gasteiger partial charge is 0.185 e. The van der Waals surface area contributed by atoms with Gasteiger partial charge in [-0.2, -0.15) is 0 Å². The van der Waals surface area contributed by atoms with Crippen LogP contribution in [0.1, 0.15) is 36.7 Å². The molecule has 9 heteroatoms. The van der Waals surface area contributed by atoms with E-state index >= 15 is 0 Å². The average Bonchev–Trinajstić information content (AvgIpc) is 3.30. The van der Waals surface area contributed by atoms with Crippen molar-refractivity contribution in [2.24, 2.45) is 0 Å². The molecule has 0 unspecified atom stereocenters. The van der Waals surface area contributed by atoms with Crippen LogP contribution in [0.15, 0.2) is 82.7 Å². The molecule has 3 aromatic carbocycles. The SMILES string of the molecule is Cc1cc(C(=O)C=Cc2c(F)cccc2Cl)ccc1Cl.O=C(C=Cc1cc(Br)cs1)c1ccc(Cl)c(Cl)c1. The number of hydrogen-bond donors (Lipinski definition) is 0. The first-order chi connectivity index (χ1) is 18.0. The Morgan fingerprint density at radius 2 is 1.42 bits per heavy atom. The van der Waals surface area contributed by atoms with Crippen LogP contribution in [-0.2, 0) is 0 Å². The second kappa shape index (κ2) is 14.2. The Morgan fingerprint density at radius 1 is 0.789 bits per heavy atom. The van der Waals surface area contributed by atoms with Gasteiger partial charge in [-0.25, -0.2) is 4.39 Å². The number of aryl methyl sites for hydroxylation is 1. The zero-order valence-corrected chi connectivity index (χ0v) is 25.1. The summed E-state index contributed by atoms with van der Waals surface area (Å²) in [5.74, 6) is -0.795. The molecule has 0 spiro atoms. The Balaban J connectivity index is 0.000000212. The fourth-order valence-electron chi connectivity index (χ4n) is 3.04. The molecule has 0 fully saturated rings. The van der Waals surface area contributed by atoms with Crippen molar-refractivity contribution in [3.05, 3.63) is 136 Å². The molecule has 2 nitrogen and oxygen atoms in total. The van der Waals surface area contributed by atoms with Gasteiger partial charge in [0.2, 0.25) is 0 Å². The summed E-state index contributed by atoms with van der Waals surface area (Å²) in [6.45, 7) is 1.82. The number of allylic oxidation sites excluding steroid dienone is 2. The van der Waals surface area contributed by atoms with Crippen LogP contribution in [0.4, 0.5) is 4.39 Å². The summed E-state index contributed by atoms with van der Waals surface area (Å²) in [7, 11) is 0. The quantitative estimate of drug-likeness (QED) is 0.151. The summed E-state index contributed by atoms with van der Waals surface area (Å²) in [6.07, 6.45) is 5.98. The van der Waals surface area contributed by atoms with Gasteiger partial charge in [0.25, 0.3) is 0 Å². The van der Waals surface area contributed by atoms with Crippen molar-refractivity contribution in [2.45, 2.75) is 6.92 Å². The van der Waals surface area contributed by atoms with Gasteiger partial charge in [0.1, 0.15) is 5.82 Å². The fraction of sp³-hybridized carbons (Fsp3) is 0.0345. The van der Waals surface area contributed by atoms with E-state index in [4.69, 9.17) is 46.4 Å². The maximum atomic E-state index is 13.6. The Labute approximate surface area is 252 Å². The second-order valence-electron chi connectivity index (χ2n) is 7.79. The lowest BCUT2D eigenvalue weighted by Gasteiger charge is -2.01. The number of benzene rings is 3. The largest absolute Gasteiger partial charge is 0.289 e. The molecule has 0 aliphatic heterocycles. The molecule has 4 rings (SSSR count). The predicted molar refractivity (Wildman–Crippen MR) is 163 cm³/mol. The lowest BCUT2D eigenvalue weighted by atomic mass is 10.1. The summed E-state index contributed by atoms with van der Waals surface area (Å²) in [6, 6.07) is 16.2. The van der Waals surface area contributed by atoms with Crippen LogP contribution < -0.4 is 0 Å². The van der Waals surface area contributed by atoms with Gasteiger partial charge in [-0.3, -0.25) is 9.59 Å². The number of carbonyl (C=O) groups excluding carboxylic acids is 2. The van der Waals surface area contributed by atoms with Crippen LogP contribution >= 0.6 is 73.7 Å². The summed E-state index contributed by atoms with van der Waals surface area (Å²) in [5.41, 5.74) is 2.04. The molecular weight excluding hydrogens is 653 g/mol. The first-order valence-corrected chi connectivity index (χ1v) is 14.1. The Kier molecular flexibility index (Phi) is 11.3. The van der Waals surface area contributed by atoms with Gasteiger partial charge in [-0.15, -0.1) is 11.3 Å². The van der Waals surface area contributed by atoms with E-state index in [0.29, 0.717) is 26.2 Å². The minimum absolute atomic E-state index is 0.0990. The van der Waals surface area contributed by atoms with Crippen LogP contribution in [0.2, 0.25) is 20.1 Å². The molecule has 0 saturated carbocycles. The van der Waals surface area contributed by atoms with Crippen molar-refractivity contribution in [3.63, 3.8) is 0 Å². The zero-order chi connectivity index (χ0) is 27.8. The topological polar surface area (TPSA) is 34.1 Å². The Morgan fingerprint density at radius 3 is 2.00 bits per heavy atom. The van der Waals surface area contributed by atoms with E-state index in [1.807, 2.05) is 18.4 Å². The number of carbonyl (C=O) groups is 2. The van der Waals surface area contributed by atoms with Gasteiger partial charge in [0.05, 0.1) is 15.1 Å². The molecule has 0 radical (unpaired) electrons. The third kappa shape index (κ3) is 8.63. The highest BCUT2D eigenvalue weighted by atomic mass is 79.9. The van der Waals surface area contributed by atoms with E-state index in [1.165, 1.54) is 30.4 Å². The summed E-state index contributed by atoms with van der Waals surface area (Å²) in [4.78, 5) is 24.9. The zero-order valence-electron chi connectivity index (χ0n) is 19.7. The van der Waals surface area contributed by atoms with E-state index in [0.717, 1.165) is 14.9 Å². The van der Waals surface area contributed by atoms with E-state index in [2.05, 4.69) is 15.9 Å². The van der Waals surface area contributed by atoms with Crippen molar-refractivity contribution in [1.29, 1.82) is 0 Å². The second-order valence-corrected chi connectivity index (χ2v) is 11.3. The normalized spacial score (nSPS) is 11.0. The van der Waals surface area contributed by atoms with E-state index in [-0.39, 0.29) is 22.2 Å². The van der Waals surface area contributed by atoms with Crippen LogP contribution in [0.3, 0.4) is 0 Å². The van der Waals surface area contributed by atoms with Crippen molar-refractivity contribution >= 4 is 97.4 Å². The fourth-order valence-corrected chi connectivity index (χ4v) is 5.02. The first-order valence-electron chi connectivity index (χ1n) is 10.9. The van der Waals surface area contributed by atoms with Crippen LogP contribution in [-0.4, -0.2) is 11.6 Å². The summed E-state index contributed by atoms with van der Waals surface area (Å²) >= 11 is 28.4. The first kappa shape index (κ1) is 30.3.